The zero-order chi connectivity index (χ0) is 13.5. The number of anilines is 2. The summed E-state index contributed by atoms with van der Waals surface area (Å²) in [6.07, 6.45) is 5.66. The van der Waals surface area contributed by atoms with Gasteiger partial charge in [0.1, 0.15) is 0 Å². The molecule has 0 saturated heterocycles. The molecule has 0 spiro atoms. The van der Waals surface area contributed by atoms with Crippen LogP contribution in [0.4, 0.5) is 11.4 Å². The van der Waals surface area contributed by atoms with Crippen LogP contribution in [0.2, 0.25) is 0 Å². The van der Waals surface area contributed by atoms with Crippen molar-refractivity contribution in [2.45, 2.75) is 19.8 Å². The van der Waals surface area contributed by atoms with Gasteiger partial charge in [-0.05, 0) is 31.0 Å². The largest absolute Gasteiger partial charge is 0.398 e. The summed E-state index contributed by atoms with van der Waals surface area (Å²) in [6.45, 7) is 4.66. The summed E-state index contributed by atoms with van der Waals surface area (Å²) in [4.78, 5) is 4.12. The molecule has 2 rings (SSSR count). The molecule has 0 aliphatic carbocycles. The first-order valence-electron chi connectivity index (χ1n) is 6.76. The van der Waals surface area contributed by atoms with Gasteiger partial charge in [-0.25, -0.2) is 0 Å². The fraction of sp³-hybridized carbons (Fsp3) is 0.400. The van der Waals surface area contributed by atoms with Crippen molar-refractivity contribution in [3.63, 3.8) is 0 Å². The molecule has 2 aromatic rings. The molecule has 0 aliphatic rings. The normalized spacial score (nSPS) is 10.8. The Morgan fingerprint density at radius 1 is 1.21 bits per heavy atom. The summed E-state index contributed by atoms with van der Waals surface area (Å²) in [6, 6.07) is 5.92. The topological polar surface area (TPSA) is 60.2 Å². The van der Waals surface area contributed by atoms with Crippen LogP contribution in [0.15, 0.2) is 30.6 Å². The summed E-state index contributed by atoms with van der Waals surface area (Å²) in [5.41, 5.74) is 7.81. The third-order valence-corrected chi connectivity index (χ3v) is 2.98. The maximum Gasteiger partial charge on any atom is 0.0482 e. The highest BCUT2D eigenvalue weighted by Crippen LogP contribution is 2.27. The van der Waals surface area contributed by atoms with E-state index < -0.39 is 0 Å². The van der Waals surface area contributed by atoms with Crippen molar-refractivity contribution in [2.24, 2.45) is 0 Å². The Balaban J connectivity index is 1.96. The van der Waals surface area contributed by atoms with Gasteiger partial charge in [-0.1, -0.05) is 6.92 Å². The van der Waals surface area contributed by atoms with Crippen LogP contribution in [-0.4, -0.2) is 24.7 Å². The van der Waals surface area contributed by atoms with E-state index in [4.69, 9.17) is 10.5 Å². The van der Waals surface area contributed by atoms with E-state index in [-0.39, 0.29) is 0 Å². The van der Waals surface area contributed by atoms with Crippen LogP contribution in [0.3, 0.4) is 0 Å². The zero-order valence-corrected chi connectivity index (χ0v) is 11.4. The molecule has 4 nitrogen and oxygen atoms in total. The van der Waals surface area contributed by atoms with Crippen LogP contribution in [0.5, 0.6) is 0 Å². The van der Waals surface area contributed by atoms with E-state index in [1.165, 1.54) is 0 Å². The lowest BCUT2D eigenvalue weighted by Gasteiger charge is -2.11. The molecular weight excluding hydrogens is 238 g/mol. The third kappa shape index (κ3) is 3.58. The molecule has 0 aliphatic heterocycles. The van der Waals surface area contributed by atoms with E-state index in [1.54, 1.807) is 12.4 Å². The van der Waals surface area contributed by atoms with Crippen molar-refractivity contribution < 1.29 is 4.74 Å². The Morgan fingerprint density at radius 2 is 2.11 bits per heavy atom. The van der Waals surface area contributed by atoms with Gasteiger partial charge in [0, 0.05) is 54.3 Å². The minimum atomic E-state index is 0.764. The van der Waals surface area contributed by atoms with E-state index >= 15 is 0 Å². The highest BCUT2D eigenvalue weighted by atomic mass is 16.5. The van der Waals surface area contributed by atoms with Crippen LogP contribution in [0.1, 0.15) is 19.8 Å². The predicted molar refractivity (Wildman–Crippen MR) is 80.4 cm³/mol. The van der Waals surface area contributed by atoms with Gasteiger partial charge in [0.05, 0.1) is 0 Å². The van der Waals surface area contributed by atoms with Gasteiger partial charge < -0.3 is 15.8 Å². The maximum atomic E-state index is 5.95. The highest BCUT2D eigenvalue weighted by molar-refractivity contribution is 6.00. The summed E-state index contributed by atoms with van der Waals surface area (Å²) in [5.74, 6) is 0. The molecule has 0 fully saturated rings. The van der Waals surface area contributed by atoms with E-state index in [0.29, 0.717) is 0 Å². The number of nitrogens with two attached hydrogens (primary N) is 1. The number of hydrogen-bond acceptors (Lipinski definition) is 4. The molecule has 1 heterocycles. The van der Waals surface area contributed by atoms with Crippen LogP contribution < -0.4 is 11.1 Å². The Hall–Kier alpha value is -1.81. The first kappa shape index (κ1) is 13.6. The van der Waals surface area contributed by atoms with Crippen LogP contribution in [0.25, 0.3) is 10.8 Å². The number of rotatable bonds is 7. The Morgan fingerprint density at radius 3 is 2.95 bits per heavy atom. The second-order valence-electron chi connectivity index (χ2n) is 4.52. The minimum Gasteiger partial charge on any atom is -0.398 e. The molecule has 4 heteroatoms. The van der Waals surface area contributed by atoms with Crippen molar-refractivity contribution in [2.75, 3.05) is 30.8 Å². The molecule has 0 saturated carbocycles. The number of aromatic nitrogens is 1. The standard InChI is InChI=1S/C15H21N3O/c1-2-9-19-10-3-7-18-15-5-4-14(16)13-11-17-8-6-12(13)15/h4-6,8,11,18H,2-3,7,9-10,16H2,1H3. The molecule has 3 N–H and O–H groups in total. The lowest BCUT2D eigenvalue weighted by atomic mass is 10.1. The molecule has 0 radical (unpaired) electrons. The Kier molecular flexibility index (Phi) is 4.98. The van der Waals surface area contributed by atoms with Crippen molar-refractivity contribution >= 4 is 22.1 Å². The number of nitrogens with one attached hydrogen (secondary N) is 1. The molecule has 1 aromatic carbocycles. The zero-order valence-electron chi connectivity index (χ0n) is 11.4. The number of nitrogens with zero attached hydrogens (tertiary/aromatic N) is 1. The first-order valence-corrected chi connectivity index (χ1v) is 6.76. The average Bonchev–Trinajstić information content (AvgIpc) is 2.45. The molecule has 0 bridgehead atoms. The molecule has 102 valence electrons. The number of benzene rings is 1. The monoisotopic (exact) mass is 259 g/mol. The predicted octanol–water partition coefficient (Wildman–Crippen LogP) is 3.05. The van der Waals surface area contributed by atoms with Gasteiger partial charge in [-0.2, -0.15) is 0 Å². The second-order valence-corrected chi connectivity index (χ2v) is 4.52. The summed E-state index contributed by atoms with van der Waals surface area (Å²) >= 11 is 0. The Labute approximate surface area is 114 Å². The number of pyridine rings is 1. The van der Waals surface area contributed by atoms with Gasteiger partial charge >= 0.3 is 0 Å². The SMILES string of the molecule is CCCOCCCNc1ccc(N)c2cnccc12. The van der Waals surface area contributed by atoms with E-state index in [2.05, 4.69) is 17.2 Å². The smallest absolute Gasteiger partial charge is 0.0482 e. The minimum absolute atomic E-state index is 0.764. The number of fused-ring (bicyclic) bond motifs is 1. The quantitative estimate of drug-likeness (QED) is 0.592. The second kappa shape index (κ2) is 6.95. The molecule has 0 amide bonds. The van der Waals surface area contributed by atoms with Gasteiger partial charge in [0.15, 0.2) is 0 Å². The maximum absolute atomic E-state index is 5.95. The number of ether oxygens (including phenoxy) is 1. The number of hydrogen-bond donors (Lipinski definition) is 2. The van der Waals surface area contributed by atoms with Gasteiger partial charge in [0.2, 0.25) is 0 Å². The Bertz CT molecular complexity index is 528. The van der Waals surface area contributed by atoms with Crippen molar-refractivity contribution in [1.82, 2.24) is 4.98 Å². The van der Waals surface area contributed by atoms with Gasteiger partial charge in [-0.15, -0.1) is 0 Å². The number of nitrogen functional groups attached to an aromatic ring is 1. The molecule has 19 heavy (non-hydrogen) atoms. The third-order valence-electron chi connectivity index (χ3n) is 2.98. The fourth-order valence-electron chi connectivity index (χ4n) is 2.01. The average molecular weight is 259 g/mol. The first-order chi connectivity index (χ1) is 9.33. The lowest BCUT2D eigenvalue weighted by Crippen LogP contribution is -2.06. The van der Waals surface area contributed by atoms with E-state index in [9.17, 15) is 0 Å². The lowest BCUT2D eigenvalue weighted by molar-refractivity contribution is 0.134. The molecular formula is C15H21N3O. The van der Waals surface area contributed by atoms with Gasteiger partial charge in [0.25, 0.3) is 0 Å². The molecule has 1 aromatic heterocycles. The van der Waals surface area contributed by atoms with E-state index in [0.717, 1.165) is 54.7 Å². The van der Waals surface area contributed by atoms with E-state index in [1.807, 2.05) is 18.2 Å². The molecule has 0 unspecified atom stereocenters. The highest BCUT2D eigenvalue weighted by Gasteiger charge is 2.03. The van der Waals surface area contributed by atoms with Crippen LogP contribution in [0, 0.1) is 0 Å². The van der Waals surface area contributed by atoms with Crippen LogP contribution >= 0.6 is 0 Å². The summed E-state index contributed by atoms with van der Waals surface area (Å²) < 4.78 is 5.46. The van der Waals surface area contributed by atoms with Crippen molar-refractivity contribution in [3.8, 4) is 0 Å². The summed E-state index contributed by atoms with van der Waals surface area (Å²) in [5, 5.41) is 5.54. The van der Waals surface area contributed by atoms with Crippen LogP contribution in [-0.2, 0) is 4.74 Å². The summed E-state index contributed by atoms with van der Waals surface area (Å²) in [7, 11) is 0. The fourth-order valence-corrected chi connectivity index (χ4v) is 2.01. The van der Waals surface area contributed by atoms with Crippen molar-refractivity contribution in [1.29, 1.82) is 0 Å². The van der Waals surface area contributed by atoms with Crippen molar-refractivity contribution in [3.05, 3.63) is 30.6 Å². The van der Waals surface area contributed by atoms with Gasteiger partial charge in [-0.3, -0.25) is 4.98 Å². The molecule has 0 atom stereocenters.